The van der Waals surface area contributed by atoms with Crippen LogP contribution in [0.15, 0.2) is 53.1 Å². The largest absolute Gasteiger partial charge is 0.469 e. The van der Waals surface area contributed by atoms with E-state index in [0.717, 1.165) is 17.9 Å². The second-order valence-electron chi connectivity index (χ2n) is 6.57. The second kappa shape index (κ2) is 6.90. The Kier molecular flexibility index (Phi) is 4.70. The molecule has 0 radical (unpaired) electrons. The van der Waals surface area contributed by atoms with Crippen LogP contribution in [-0.2, 0) is 4.79 Å². The highest BCUT2D eigenvalue weighted by Crippen LogP contribution is 2.47. The Balaban J connectivity index is 1.50. The Morgan fingerprint density at radius 1 is 1.22 bits per heavy atom. The number of anilines is 1. The average Bonchev–Trinajstić information content (AvgIpc) is 3.17. The lowest BCUT2D eigenvalue weighted by Crippen LogP contribution is -2.40. The molecule has 0 bridgehead atoms. The van der Waals surface area contributed by atoms with E-state index in [9.17, 15) is 4.79 Å². The van der Waals surface area contributed by atoms with Crippen molar-refractivity contribution in [1.82, 2.24) is 5.32 Å². The van der Waals surface area contributed by atoms with E-state index >= 15 is 0 Å². The molecule has 2 aromatic rings. The summed E-state index contributed by atoms with van der Waals surface area (Å²) in [5, 5.41) is 6.59. The van der Waals surface area contributed by atoms with E-state index in [1.54, 1.807) is 6.26 Å². The van der Waals surface area contributed by atoms with E-state index in [2.05, 4.69) is 24.5 Å². The maximum Gasteiger partial charge on any atom is 0.223 e. The number of hydrogen-bond donors (Lipinski definition) is 2. The highest BCUT2D eigenvalue weighted by Gasteiger charge is 2.45. The maximum atomic E-state index is 12.3. The average molecular weight is 312 g/mol. The number of amides is 1. The van der Waals surface area contributed by atoms with Crippen molar-refractivity contribution in [2.24, 2.45) is 11.8 Å². The van der Waals surface area contributed by atoms with Crippen LogP contribution >= 0.6 is 0 Å². The van der Waals surface area contributed by atoms with Gasteiger partial charge < -0.3 is 15.1 Å². The molecule has 4 heteroatoms. The molecule has 0 aliphatic heterocycles. The Morgan fingerprint density at radius 2 is 2.00 bits per heavy atom. The molecule has 1 saturated carbocycles. The minimum absolute atomic E-state index is 0.0608. The number of furan rings is 1. The molecule has 3 rings (SSSR count). The first-order valence-electron chi connectivity index (χ1n) is 8.28. The van der Waals surface area contributed by atoms with Crippen molar-refractivity contribution in [3.8, 4) is 0 Å². The molecule has 1 aliphatic rings. The van der Waals surface area contributed by atoms with E-state index in [1.807, 2.05) is 42.5 Å². The van der Waals surface area contributed by atoms with Crippen molar-refractivity contribution in [2.45, 2.75) is 32.2 Å². The van der Waals surface area contributed by atoms with Crippen LogP contribution in [0.4, 0.5) is 5.69 Å². The van der Waals surface area contributed by atoms with Gasteiger partial charge in [-0.2, -0.15) is 0 Å². The summed E-state index contributed by atoms with van der Waals surface area (Å²) in [5.41, 5.74) is 1.08. The Bertz CT molecular complexity index is 622. The molecule has 1 heterocycles. The molecule has 4 nitrogen and oxygen atoms in total. The summed E-state index contributed by atoms with van der Waals surface area (Å²) in [4.78, 5) is 12.3. The smallest absolute Gasteiger partial charge is 0.223 e. The molecule has 1 amide bonds. The summed E-state index contributed by atoms with van der Waals surface area (Å²) in [6.45, 7) is 4.96. The van der Waals surface area contributed by atoms with E-state index in [0.29, 0.717) is 12.5 Å². The molecule has 0 spiro atoms. The van der Waals surface area contributed by atoms with Crippen molar-refractivity contribution >= 4 is 11.6 Å². The van der Waals surface area contributed by atoms with Gasteiger partial charge in [0.25, 0.3) is 0 Å². The molecule has 1 fully saturated rings. The summed E-state index contributed by atoms with van der Waals surface area (Å²) in [6.07, 6.45) is 2.55. The van der Waals surface area contributed by atoms with Crippen LogP contribution in [0, 0.1) is 11.8 Å². The Labute approximate surface area is 137 Å². The number of nitrogens with one attached hydrogen (secondary N) is 2. The van der Waals surface area contributed by atoms with Crippen LogP contribution < -0.4 is 10.6 Å². The fourth-order valence-corrected chi connectivity index (χ4v) is 2.84. The molecular formula is C19H24N2O2. The first-order chi connectivity index (χ1) is 11.1. The summed E-state index contributed by atoms with van der Waals surface area (Å²) in [7, 11) is 0. The van der Waals surface area contributed by atoms with Gasteiger partial charge in [-0.25, -0.2) is 0 Å². The van der Waals surface area contributed by atoms with Gasteiger partial charge in [0.05, 0.1) is 6.26 Å². The number of carbonyl (C=O) groups excluding carboxylic acids is 1. The number of para-hydroxylation sites is 1. The maximum absolute atomic E-state index is 12.3. The molecule has 2 N–H and O–H groups in total. The predicted octanol–water partition coefficient (Wildman–Crippen LogP) is 3.64. The molecule has 3 unspecified atom stereocenters. The van der Waals surface area contributed by atoms with Crippen molar-refractivity contribution in [2.75, 3.05) is 11.9 Å². The first kappa shape index (κ1) is 15.7. The zero-order valence-electron chi connectivity index (χ0n) is 13.7. The minimum Gasteiger partial charge on any atom is -0.469 e. The van der Waals surface area contributed by atoms with Crippen LogP contribution in [0.5, 0.6) is 0 Å². The Morgan fingerprint density at radius 3 is 2.65 bits per heavy atom. The quantitative estimate of drug-likeness (QED) is 0.821. The molecule has 1 aliphatic carbocycles. The van der Waals surface area contributed by atoms with Crippen LogP contribution in [0.3, 0.4) is 0 Å². The van der Waals surface area contributed by atoms with Crippen LogP contribution in [0.2, 0.25) is 0 Å². The molecule has 3 atom stereocenters. The lowest BCUT2D eigenvalue weighted by Gasteiger charge is -2.24. The third-order valence-corrected chi connectivity index (χ3v) is 4.46. The third kappa shape index (κ3) is 3.95. The molecule has 122 valence electrons. The van der Waals surface area contributed by atoms with Gasteiger partial charge in [-0.15, -0.1) is 0 Å². The zero-order chi connectivity index (χ0) is 16.2. The summed E-state index contributed by atoms with van der Waals surface area (Å²) in [6, 6.07) is 14.2. The third-order valence-electron chi connectivity index (χ3n) is 4.46. The number of benzene rings is 1. The monoisotopic (exact) mass is 312 g/mol. The molecule has 23 heavy (non-hydrogen) atoms. The fraction of sp³-hybridized carbons (Fsp3) is 0.421. The van der Waals surface area contributed by atoms with Crippen LogP contribution in [0.1, 0.15) is 31.9 Å². The Hall–Kier alpha value is -2.23. The number of carbonyl (C=O) groups is 1. The van der Waals surface area contributed by atoms with Gasteiger partial charge in [0.2, 0.25) is 5.91 Å². The predicted molar refractivity (Wildman–Crippen MR) is 91.3 cm³/mol. The molecular weight excluding hydrogens is 288 g/mol. The zero-order valence-corrected chi connectivity index (χ0v) is 13.7. The lowest BCUT2D eigenvalue weighted by atomic mass is 10.0. The van der Waals surface area contributed by atoms with Gasteiger partial charge in [0.1, 0.15) is 5.76 Å². The van der Waals surface area contributed by atoms with E-state index < -0.39 is 0 Å². The van der Waals surface area contributed by atoms with E-state index in [1.165, 1.54) is 0 Å². The van der Waals surface area contributed by atoms with Crippen molar-refractivity contribution < 1.29 is 9.21 Å². The minimum atomic E-state index is 0.0608. The first-order valence-corrected chi connectivity index (χ1v) is 8.28. The van der Waals surface area contributed by atoms with Crippen LogP contribution in [-0.4, -0.2) is 18.5 Å². The topological polar surface area (TPSA) is 54.3 Å². The fourth-order valence-electron chi connectivity index (χ4n) is 2.84. The molecule has 1 aromatic carbocycles. The van der Waals surface area contributed by atoms with Crippen molar-refractivity contribution in [3.05, 3.63) is 54.5 Å². The highest BCUT2D eigenvalue weighted by atomic mass is 16.3. The van der Waals surface area contributed by atoms with Crippen molar-refractivity contribution in [3.63, 3.8) is 0 Å². The standard InChI is InChI=1S/C19H24N2O2/c1-13(2)17(21-14-7-4-3-5-8-14)12-20-19(22)16-11-15(16)18-9-6-10-23-18/h3-10,13,15-17,21H,11-12H2,1-2H3,(H,20,22). The van der Waals surface area contributed by atoms with Crippen LogP contribution in [0.25, 0.3) is 0 Å². The normalized spacial score (nSPS) is 21.0. The van der Waals surface area contributed by atoms with Gasteiger partial charge in [-0.05, 0) is 36.6 Å². The SMILES string of the molecule is CC(C)C(CNC(=O)C1CC1c1ccco1)Nc1ccccc1. The van der Waals surface area contributed by atoms with Crippen molar-refractivity contribution in [1.29, 1.82) is 0 Å². The van der Waals surface area contributed by atoms with Gasteiger partial charge >= 0.3 is 0 Å². The van der Waals surface area contributed by atoms with Gasteiger partial charge in [-0.1, -0.05) is 32.0 Å². The summed E-state index contributed by atoms with van der Waals surface area (Å²) in [5.74, 6) is 1.80. The number of rotatable bonds is 7. The molecule has 1 aromatic heterocycles. The van der Waals surface area contributed by atoms with Gasteiger partial charge in [0.15, 0.2) is 0 Å². The molecule has 0 saturated heterocycles. The summed E-state index contributed by atoms with van der Waals surface area (Å²) >= 11 is 0. The van der Waals surface area contributed by atoms with E-state index in [-0.39, 0.29) is 23.8 Å². The van der Waals surface area contributed by atoms with E-state index in [4.69, 9.17) is 4.42 Å². The van der Waals surface area contributed by atoms with Gasteiger partial charge in [0, 0.05) is 30.1 Å². The lowest BCUT2D eigenvalue weighted by molar-refractivity contribution is -0.122. The second-order valence-corrected chi connectivity index (χ2v) is 6.57. The number of hydrogen-bond acceptors (Lipinski definition) is 3. The van der Waals surface area contributed by atoms with Gasteiger partial charge in [-0.3, -0.25) is 4.79 Å². The summed E-state index contributed by atoms with van der Waals surface area (Å²) < 4.78 is 5.39. The highest BCUT2D eigenvalue weighted by molar-refractivity contribution is 5.82.